The van der Waals surface area contributed by atoms with Gasteiger partial charge in [0.15, 0.2) is 0 Å². The molecule has 3 aliphatic rings. The highest BCUT2D eigenvalue weighted by Crippen LogP contribution is 2.51. The van der Waals surface area contributed by atoms with E-state index in [2.05, 4.69) is 39.5 Å². The molecule has 3 rings (SSSR count). The minimum absolute atomic E-state index is 0.484. The molecule has 0 bridgehead atoms. The largest absolute Gasteiger partial charge is 0.295 e. The Hall–Kier alpha value is -0.0400. The van der Waals surface area contributed by atoms with E-state index in [4.69, 9.17) is 0 Å². The molecular weight excluding hydrogens is 242 g/mol. The van der Waals surface area contributed by atoms with Crippen LogP contribution in [0, 0.1) is 29.6 Å². The third-order valence-electron chi connectivity index (χ3n) is 7.07. The Bertz CT molecular complexity index is 344. The number of likely N-dealkylation sites (tertiary alicyclic amines) is 1. The van der Waals surface area contributed by atoms with E-state index < -0.39 is 0 Å². The summed E-state index contributed by atoms with van der Waals surface area (Å²) in [5, 5.41) is 0. The van der Waals surface area contributed by atoms with Crippen LogP contribution in [-0.2, 0) is 0 Å². The van der Waals surface area contributed by atoms with Crippen LogP contribution in [0.4, 0.5) is 0 Å². The van der Waals surface area contributed by atoms with Gasteiger partial charge < -0.3 is 0 Å². The molecule has 1 heteroatoms. The van der Waals surface area contributed by atoms with Crippen molar-refractivity contribution in [1.29, 1.82) is 0 Å². The SMILES string of the molecule is CCC1CC(C)C(C)CC1C(C1CC1)N1CCC1(C)C. The van der Waals surface area contributed by atoms with E-state index in [9.17, 15) is 0 Å². The van der Waals surface area contributed by atoms with Crippen molar-refractivity contribution in [3.8, 4) is 0 Å². The van der Waals surface area contributed by atoms with E-state index in [1.807, 2.05) is 0 Å². The molecule has 1 nitrogen and oxygen atoms in total. The minimum Gasteiger partial charge on any atom is -0.295 e. The third kappa shape index (κ3) is 2.56. The van der Waals surface area contributed by atoms with Gasteiger partial charge in [-0.25, -0.2) is 0 Å². The Morgan fingerprint density at radius 1 is 1.10 bits per heavy atom. The van der Waals surface area contributed by atoms with Crippen molar-refractivity contribution in [3.05, 3.63) is 0 Å². The van der Waals surface area contributed by atoms with Crippen molar-refractivity contribution in [2.75, 3.05) is 6.54 Å². The van der Waals surface area contributed by atoms with Crippen molar-refractivity contribution in [1.82, 2.24) is 4.90 Å². The highest BCUT2D eigenvalue weighted by molar-refractivity contribution is 5.05. The van der Waals surface area contributed by atoms with Crippen LogP contribution in [0.25, 0.3) is 0 Å². The number of hydrogen-bond acceptors (Lipinski definition) is 1. The summed E-state index contributed by atoms with van der Waals surface area (Å²) in [4.78, 5) is 2.90. The van der Waals surface area contributed by atoms with E-state index in [0.29, 0.717) is 5.54 Å². The Balaban J connectivity index is 1.79. The van der Waals surface area contributed by atoms with Crippen LogP contribution >= 0.6 is 0 Å². The van der Waals surface area contributed by atoms with Crippen LogP contribution in [0.15, 0.2) is 0 Å². The summed E-state index contributed by atoms with van der Waals surface area (Å²) in [7, 11) is 0. The van der Waals surface area contributed by atoms with Crippen LogP contribution in [0.1, 0.15) is 73.1 Å². The molecule has 5 atom stereocenters. The first kappa shape index (κ1) is 14.9. The van der Waals surface area contributed by atoms with Crippen LogP contribution in [-0.4, -0.2) is 23.0 Å². The van der Waals surface area contributed by atoms with E-state index in [1.54, 1.807) is 0 Å². The lowest BCUT2D eigenvalue weighted by Gasteiger charge is -2.57. The average molecular weight is 277 g/mol. The quantitative estimate of drug-likeness (QED) is 0.702. The molecule has 0 amide bonds. The second kappa shape index (κ2) is 5.30. The molecule has 0 spiro atoms. The predicted molar refractivity (Wildman–Crippen MR) is 86.7 cm³/mol. The fourth-order valence-corrected chi connectivity index (χ4v) is 5.14. The molecule has 3 fully saturated rings. The standard InChI is InChI=1S/C19H35N/c1-6-15-11-13(2)14(3)12-17(15)18(16-7-8-16)20-10-9-19(20,4)5/h13-18H,6-12H2,1-5H3. The summed E-state index contributed by atoms with van der Waals surface area (Å²) in [5.74, 6) is 4.89. The molecule has 0 aromatic rings. The first-order chi connectivity index (χ1) is 9.44. The predicted octanol–water partition coefficient (Wildman–Crippen LogP) is 4.96. The van der Waals surface area contributed by atoms with Gasteiger partial charge in [0.25, 0.3) is 0 Å². The Morgan fingerprint density at radius 3 is 2.20 bits per heavy atom. The van der Waals surface area contributed by atoms with Gasteiger partial charge in [0.2, 0.25) is 0 Å². The van der Waals surface area contributed by atoms with Gasteiger partial charge in [0.1, 0.15) is 0 Å². The summed E-state index contributed by atoms with van der Waals surface area (Å²) in [6.45, 7) is 13.7. The summed E-state index contributed by atoms with van der Waals surface area (Å²) in [6, 6.07) is 0.915. The fourth-order valence-electron chi connectivity index (χ4n) is 5.14. The van der Waals surface area contributed by atoms with Gasteiger partial charge >= 0.3 is 0 Å². The molecule has 1 heterocycles. The van der Waals surface area contributed by atoms with Gasteiger partial charge in [-0.2, -0.15) is 0 Å². The van der Waals surface area contributed by atoms with E-state index >= 15 is 0 Å². The number of hydrogen-bond donors (Lipinski definition) is 0. The second-order valence-corrected chi connectivity index (χ2v) is 8.84. The zero-order valence-corrected chi connectivity index (χ0v) is 14.4. The zero-order valence-electron chi connectivity index (χ0n) is 14.4. The molecule has 0 radical (unpaired) electrons. The lowest BCUT2D eigenvalue weighted by molar-refractivity contribution is -0.0790. The molecule has 0 aromatic carbocycles. The molecule has 2 saturated carbocycles. The van der Waals surface area contributed by atoms with Crippen LogP contribution < -0.4 is 0 Å². The third-order valence-corrected chi connectivity index (χ3v) is 7.07. The maximum Gasteiger partial charge on any atom is 0.0168 e. The molecule has 116 valence electrons. The molecule has 20 heavy (non-hydrogen) atoms. The minimum atomic E-state index is 0.484. The van der Waals surface area contributed by atoms with Crippen LogP contribution in [0.2, 0.25) is 0 Å². The summed E-state index contributed by atoms with van der Waals surface area (Å²) < 4.78 is 0. The highest BCUT2D eigenvalue weighted by Gasteiger charge is 2.51. The first-order valence-electron chi connectivity index (χ1n) is 9.20. The van der Waals surface area contributed by atoms with Gasteiger partial charge in [-0.15, -0.1) is 0 Å². The lowest BCUT2D eigenvalue weighted by Crippen LogP contribution is -2.63. The van der Waals surface area contributed by atoms with Crippen LogP contribution in [0.3, 0.4) is 0 Å². The van der Waals surface area contributed by atoms with Crippen molar-refractivity contribution < 1.29 is 0 Å². The van der Waals surface area contributed by atoms with Gasteiger partial charge in [0, 0.05) is 18.1 Å². The van der Waals surface area contributed by atoms with E-state index in [1.165, 1.54) is 45.1 Å². The summed E-state index contributed by atoms with van der Waals surface area (Å²) in [5.41, 5.74) is 0.484. The van der Waals surface area contributed by atoms with E-state index in [-0.39, 0.29) is 0 Å². The maximum absolute atomic E-state index is 2.90. The highest BCUT2D eigenvalue weighted by atomic mass is 15.3. The molecular formula is C19H35N. The van der Waals surface area contributed by atoms with Crippen LogP contribution in [0.5, 0.6) is 0 Å². The monoisotopic (exact) mass is 277 g/mol. The van der Waals surface area contributed by atoms with E-state index in [0.717, 1.165) is 35.6 Å². The molecule has 0 aromatic heterocycles. The van der Waals surface area contributed by atoms with Crippen molar-refractivity contribution in [3.63, 3.8) is 0 Å². The summed E-state index contributed by atoms with van der Waals surface area (Å²) in [6.07, 6.45) is 8.81. The van der Waals surface area contributed by atoms with Crippen molar-refractivity contribution in [2.24, 2.45) is 29.6 Å². The van der Waals surface area contributed by atoms with Gasteiger partial charge in [0.05, 0.1) is 0 Å². The van der Waals surface area contributed by atoms with Gasteiger partial charge in [-0.05, 0) is 75.5 Å². The molecule has 0 N–H and O–H groups in total. The summed E-state index contributed by atoms with van der Waals surface area (Å²) >= 11 is 0. The normalized spacial score (nSPS) is 43.0. The Labute approximate surface area is 126 Å². The maximum atomic E-state index is 2.90. The van der Waals surface area contributed by atoms with Gasteiger partial charge in [-0.1, -0.05) is 27.2 Å². The second-order valence-electron chi connectivity index (χ2n) is 8.84. The molecule has 1 aliphatic heterocycles. The zero-order chi connectivity index (χ0) is 14.5. The Kier molecular flexibility index (Phi) is 3.95. The molecule has 2 aliphatic carbocycles. The van der Waals surface area contributed by atoms with Gasteiger partial charge in [-0.3, -0.25) is 4.90 Å². The molecule has 1 saturated heterocycles. The first-order valence-corrected chi connectivity index (χ1v) is 9.20. The van der Waals surface area contributed by atoms with Crippen molar-refractivity contribution >= 4 is 0 Å². The van der Waals surface area contributed by atoms with Crippen molar-refractivity contribution in [2.45, 2.75) is 84.7 Å². The number of rotatable bonds is 4. The lowest BCUT2D eigenvalue weighted by atomic mass is 9.64. The topological polar surface area (TPSA) is 3.24 Å². The molecule has 5 unspecified atom stereocenters. The average Bonchev–Trinajstić information content (AvgIpc) is 3.21. The number of nitrogens with zero attached hydrogens (tertiary/aromatic N) is 1. The Morgan fingerprint density at radius 2 is 1.75 bits per heavy atom. The smallest absolute Gasteiger partial charge is 0.0168 e. The fraction of sp³-hybridized carbons (Fsp3) is 1.00.